The molecule has 0 spiro atoms. The number of hydrogen-bond acceptors (Lipinski definition) is 4. The van der Waals surface area contributed by atoms with Crippen molar-refractivity contribution >= 4 is 35.2 Å². The summed E-state index contributed by atoms with van der Waals surface area (Å²) in [6, 6.07) is 9.03. The van der Waals surface area contributed by atoms with E-state index < -0.39 is 23.9 Å². The summed E-state index contributed by atoms with van der Waals surface area (Å²) in [5.41, 5.74) is 0.434. The molecule has 0 bridgehead atoms. The zero-order chi connectivity index (χ0) is 21.8. The van der Waals surface area contributed by atoms with Crippen molar-refractivity contribution < 1.29 is 23.5 Å². The lowest BCUT2D eigenvalue weighted by molar-refractivity contribution is -0.139. The Bertz CT molecular complexity index is 1010. The van der Waals surface area contributed by atoms with Gasteiger partial charge in [0.1, 0.15) is 18.2 Å². The number of nitrogens with one attached hydrogen (secondary N) is 1. The Hall–Kier alpha value is -2.77. The lowest BCUT2D eigenvalue weighted by Crippen LogP contribution is -2.48. The van der Waals surface area contributed by atoms with E-state index in [-0.39, 0.29) is 35.8 Å². The molecule has 0 aliphatic carbocycles. The number of benzene rings is 2. The maximum absolute atomic E-state index is 14.5. The number of carbonyl (C=O) groups is 2. The van der Waals surface area contributed by atoms with Gasteiger partial charge in [0.25, 0.3) is 0 Å². The molecule has 0 saturated carbocycles. The van der Waals surface area contributed by atoms with E-state index in [1.165, 1.54) is 36.2 Å². The SMILES string of the molecule is CCOC(=O)C1=C(COc2cc(Cl)ccc2Cl)N(C)C(=O)N[C@@H]1c1ccccc1F. The smallest absolute Gasteiger partial charge is 0.338 e. The van der Waals surface area contributed by atoms with Gasteiger partial charge in [0.05, 0.1) is 28.9 Å². The minimum Gasteiger partial charge on any atom is -0.486 e. The topological polar surface area (TPSA) is 67.9 Å². The van der Waals surface area contributed by atoms with Crippen molar-refractivity contribution in [3.8, 4) is 5.75 Å². The van der Waals surface area contributed by atoms with Gasteiger partial charge < -0.3 is 14.8 Å². The number of esters is 1. The zero-order valence-electron chi connectivity index (χ0n) is 16.2. The summed E-state index contributed by atoms with van der Waals surface area (Å²) in [4.78, 5) is 26.6. The van der Waals surface area contributed by atoms with Gasteiger partial charge in [0.15, 0.2) is 0 Å². The first-order chi connectivity index (χ1) is 14.3. The van der Waals surface area contributed by atoms with Crippen molar-refractivity contribution in [2.75, 3.05) is 20.3 Å². The molecule has 0 saturated heterocycles. The third kappa shape index (κ3) is 4.52. The summed E-state index contributed by atoms with van der Waals surface area (Å²) in [7, 11) is 1.48. The van der Waals surface area contributed by atoms with E-state index in [0.717, 1.165) is 0 Å². The highest BCUT2D eigenvalue weighted by atomic mass is 35.5. The minimum atomic E-state index is -1.04. The fourth-order valence-electron chi connectivity index (χ4n) is 3.06. The van der Waals surface area contributed by atoms with Crippen LogP contribution in [0.3, 0.4) is 0 Å². The van der Waals surface area contributed by atoms with Crippen LogP contribution < -0.4 is 10.1 Å². The molecule has 2 amide bonds. The van der Waals surface area contributed by atoms with Crippen LogP contribution in [0.2, 0.25) is 10.0 Å². The first-order valence-electron chi connectivity index (χ1n) is 9.10. The number of nitrogens with zero attached hydrogens (tertiary/aromatic N) is 1. The number of halogens is 3. The van der Waals surface area contributed by atoms with E-state index in [0.29, 0.717) is 10.0 Å². The molecule has 3 rings (SSSR count). The van der Waals surface area contributed by atoms with Gasteiger partial charge in [-0.1, -0.05) is 41.4 Å². The number of carbonyl (C=O) groups excluding carboxylic acids is 2. The summed E-state index contributed by atoms with van der Waals surface area (Å²) in [5, 5.41) is 3.37. The van der Waals surface area contributed by atoms with Gasteiger partial charge in [-0.05, 0) is 25.1 Å². The molecule has 158 valence electrons. The third-order valence-corrected chi connectivity index (χ3v) is 5.09. The Labute approximate surface area is 183 Å². The predicted octanol–water partition coefficient (Wildman–Crippen LogP) is 4.72. The van der Waals surface area contributed by atoms with E-state index in [2.05, 4.69) is 5.32 Å². The van der Waals surface area contributed by atoms with Crippen LogP contribution in [0.1, 0.15) is 18.5 Å². The van der Waals surface area contributed by atoms with Gasteiger partial charge in [-0.15, -0.1) is 0 Å². The highest BCUT2D eigenvalue weighted by Gasteiger charge is 2.38. The Morgan fingerprint density at radius 3 is 2.67 bits per heavy atom. The summed E-state index contributed by atoms with van der Waals surface area (Å²) in [5.74, 6) is -0.970. The van der Waals surface area contributed by atoms with Crippen LogP contribution in [0.4, 0.5) is 9.18 Å². The molecule has 1 aliphatic rings. The molecule has 0 radical (unpaired) electrons. The van der Waals surface area contributed by atoms with Crippen molar-refractivity contribution in [2.24, 2.45) is 0 Å². The molecule has 0 unspecified atom stereocenters. The van der Waals surface area contributed by atoms with Crippen molar-refractivity contribution in [2.45, 2.75) is 13.0 Å². The van der Waals surface area contributed by atoms with Gasteiger partial charge in [-0.3, -0.25) is 4.90 Å². The predicted molar refractivity (Wildman–Crippen MR) is 111 cm³/mol. The number of urea groups is 1. The molecule has 30 heavy (non-hydrogen) atoms. The van der Waals surface area contributed by atoms with Gasteiger partial charge in [-0.25, -0.2) is 14.0 Å². The van der Waals surface area contributed by atoms with E-state index >= 15 is 0 Å². The molecule has 1 aliphatic heterocycles. The molecular weight excluding hydrogens is 434 g/mol. The first-order valence-corrected chi connectivity index (χ1v) is 9.85. The van der Waals surface area contributed by atoms with Crippen LogP contribution in [0.25, 0.3) is 0 Å². The van der Waals surface area contributed by atoms with Gasteiger partial charge in [0, 0.05) is 23.7 Å². The van der Waals surface area contributed by atoms with Crippen LogP contribution in [-0.2, 0) is 9.53 Å². The highest BCUT2D eigenvalue weighted by Crippen LogP contribution is 2.34. The van der Waals surface area contributed by atoms with Crippen LogP contribution >= 0.6 is 23.2 Å². The number of amides is 2. The number of likely N-dealkylation sites (N-methyl/N-ethyl adjacent to an activating group) is 1. The maximum Gasteiger partial charge on any atom is 0.338 e. The highest BCUT2D eigenvalue weighted by molar-refractivity contribution is 6.34. The van der Waals surface area contributed by atoms with E-state index in [1.54, 1.807) is 25.1 Å². The zero-order valence-corrected chi connectivity index (χ0v) is 17.8. The Morgan fingerprint density at radius 1 is 1.23 bits per heavy atom. The van der Waals surface area contributed by atoms with E-state index in [4.69, 9.17) is 32.7 Å². The van der Waals surface area contributed by atoms with Crippen LogP contribution in [-0.4, -0.2) is 37.2 Å². The average Bonchev–Trinajstić information content (AvgIpc) is 2.71. The molecule has 9 heteroatoms. The number of hydrogen-bond donors (Lipinski definition) is 1. The lowest BCUT2D eigenvalue weighted by atomic mass is 9.94. The van der Waals surface area contributed by atoms with Crippen molar-refractivity contribution in [1.29, 1.82) is 0 Å². The molecule has 1 N–H and O–H groups in total. The lowest BCUT2D eigenvalue weighted by Gasteiger charge is -2.34. The van der Waals surface area contributed by atoms with E-state index in [9.17, 15) is 14.0 Å². The molecule has 6 nitrogen and oxygen atoms in total. The van der Waals surface area contributed by atoms with Crippen molar-refractivity contribution in [1.82, 2.24) is 10.2 Å². The van der Waals surface area contributed by atoms with Crippen molar-refractivity contribution in [3.63, 3.8) is 0 Å². The van der Waals surface area contributed by atoms with Gasteiger partial charge in [-0.2, -0.15) is 0 Å². The minimum absolute atomic E-state index is 0.0715. The molecule has 0 fully saturated rings. The average molecular weight is 453 g/mol. The molecule has 1 heterocycles. The van der Waals surface area contributed by atoms with Gasteiger partial charge >= 0.3 is 12.0 Å². The fourth-order valence-corrected chi connectivity index (χ4v) is 3.39. The van der Waals surface area contributed by atoms with Crippen LogP contribution in [0, 0.1) is 5.82 Å². The quantitative estimate of drug-likeness (QED) is 0.643. The second-order valence-electron chi connectivity index (χ2n) is 6.41. The Balaban J connectivity index is 2.07. The van der Waals surface area contributed by atoms with Crippen molar-refractivity contribution in [3.05, 3.63) is 75.2 Å². The maximum atomic E-state index is 14.5. The molecule has 2 aromatic rings. The third-order valence-electron chi connectivity index (χ3n) is 4.55. The molecular formula is C21H19Cl2FN2O4. The van der Waals surface area contributed by atoms with Crippen LogP contribution in [0.15, 0.2) is 53.7 Å². The Morgan fingerprint density at radius 2 is 1.97 bits per heavy atom. The van der Waals surface area contributed by atoms with Crippen LogP contribution in [0.5, 0.6) is 5.75 Å². The first kappa shape index (κ1) is 21.9. The summed E-state index contributed by atoms with van der Waals surface area (Å²) >= 11 is 12.1. The standard InChI is InChI=1S/C21H19Cl2FN2O4/c1-3-29-20(27)18-16(11-30-17-10-12(22)8-9-14(17)23)26(2)21(28)25-19(18)13-6-4-5-7-15(13)24/h4-10,19H,3,11H2,1-2H3,(H,25,28)/t19-/m1/s1. The number of ether oxygens (including phenoxy) is 2. The largest absolute Gasteiger partial charge is 0.486 e. The summed E-state index contributed by atoms with van der Waals surface area (Å²) in [6.07, 6.45) is 0. The van der Waals surface area contributed by atoms with E-state index in [1.807, 2.05) is 0 Å². The molecule has 1 atom stereocenters. The summed E-state index contributed by atoms with van der Waals surface area (Å²) in [6.45, 7) is 1.57. The normalized spacial score (nSPS) is 16.4. The number of rotatable bonds is 6. The monoisotopic (exact) mass is 452 g/mol. The molecule has 2 aromatic carbocycles. The van der Waals surface area contributed by atoms with Gasteiger partial charge in [0.2, 0.25) is 0 Å². The molecule has 0 aromatic heterocycles. The second kappa shape index (κ2) is 9.36. The summed E-state index contributed by atoms with van der Waals surface area (Å²) < 4.78 is 25.4. The second-order valence-corrected chi connectivity index (χ2v) is 7.25. The Kier molecular flexibility index (Phi) is 6.84. The fraction of sp³-hybridized carbons (Fsp3) is 0.238.